The molecule has 2 aromatic heterocycles. The highest BCUT2D eigenvalue weighted by atomic mass is 79.9. The summed E-state index contributed by atoms with van der Waals surface area (Å²) in [6, 6.07) is 23.2. The standard InChI is InChI=1S/C28H23BrN6O3/c1-2-32-38-21-12-10-19(11-13-21)28(37)33-20-7-5-6-18(14-20)16-30-26-15-24(22-8-3-4-9-25(22)36)34-27-23(29)17-31-35(26)27/h2-15,17,30,32,36H,1,16H2,(H,33,37). The number of halogens is 1. The van der Waals surface area contributed by atoms with Gasteiger partial charge in [0, 0.05) is 35.6 Å². The van der Waals surface area contributed by atoms with Gasteiger partial charge in [-0.05, 0) is 70.0 Å². The van der Waals surface area contributed by atoms with Crippen molar-refractivity contribution in [2.45, 2.75) is 6.54 Å². The second kappa shape index (κ2) is 11.1. The molecule has 0 aliphatic carbocycles. The average Bonchev–Trinajstić information content (AvgIpc) is 3.32. The Morgan fingerprint density at radius 2 is 1.89 bits per heavy atom. The van der Waals surface area contributed by atoms with Crippen LogP contribution in [0.5, 0.6) is 11.5 Å². The zero-order chi connectivity index (χ0) is 26.5. The van der Waals surface area contributed by atoms with Crippen molar-refractivity contribution in [2.24, 2.45) is 0 Å². The predicted octanol–water partition coefficient (Wildman–Crippen LogP) is 5.76. The number of carbonyl (C=O) groups excluding carboxylic acids is 1. The van der Waals surface area contributed by atoms with E-state index in [9.17, 15) is 9.90 Å². The molecule has 3 aromatic carbocycles. The number of nitrogens with one attached hydrogen (secondary N) is 3. The number of hydrogen-bond donors (Lipinski definition) is 4. The molecule has 1 amide bonds. The van der Waals surface area contributed by atoms with E-state index in [1.807, 2.05) is 42.5 Å². The maximum absolute atomic E-state index is 12.7. The van der Waals surface area contributed by atoms with Gasteiger partial charge >= 0.3 is 0 Å². The summed E-state index contributed by atoms with van der Waals surface area (Å²) in [5, 5.41) is 21.1. The van der Waals surface area contributed by atoms with Gasteiger partial charge in [-0.15, -0.1) is 0 Å². The number of phenols is 1. The summed E-state index contributed by atoms with van der Waals surface area (Å²) in [6.45, 7) is 3.98. The van der Waals surface area contributed by atoms with E-state index in [1.165, 1.54) is 6.20 Å². The molecule has 0 fully saturated rings. The number of anilines is 2. The van der Waals surface area contributed by atoms with Crippen molar-refractivity contribution in [1.29, 1.82) is 0 Å². The van der Waals surface area contributed by atoms with Crippen LogP contribution in [0.15, 0.2) is 102 Å². The lowest BCUT2D eigenvalue weighted by molar-refractivity contribution is 0.102. The van der Waals surface area contributed by atoms with Crippen LogP contribution in [-0.2, 0) is 6.54 Å². The van der Waals surface area contributed by atoms with E-state index in [0.29, 0.717) is 46.3 Å². The number of nitrogens with zero attached hydrogens (tertiary/aromatic N) is 3. The monoisotopic (exact) mass is 570 g/mol. The third-order valence-corrected chi connectivity index (χ3v) is 6.20. The fourth-order valence-electron chi connectivity index (χ4n) is 3.83. The Labute approximate surface area is 226 Å². The molecule has 0 saturated carbocycles. The number of amides is 1. The summed E-state index contributed by atoms with van der Waals surface area (Å²) in [5.74, 6) is 1.17. The molecule has 0 unspecified atom stereocenters. The molecule has 38 heavy (non-hydrogen) atoms. The third-order valence-electron chi connectivity index (χ3n) is 5.64. The largest absolute Gasteiger partial charge is 0.507 e. The molecule has 0 spiro atoms. The Hall–Kier alpha value is -4.83. The van der Waals surface area contributed by atoms with Crippen LogP contribution < -0.4 is 21.0 Å². The maximum atomic E-state index is 12.7. The first-order chi connectivity index (χ1) is 18.5. The van der Waals surface area contributed by atoms with Gasteiger partial charge in [0.1, 0.15) is 11.6 Å². The molecular weight excluding hydrogens is 548 g/mol. The van der Waals surface area contributed by atoms with Crippen molar-refractivity contribution in [3.8, 4) is 22.8 Å². The average molecular weight is 571 g/mol. The van der Waals surface area contributed by atoms with Gasteiger partial charge in [-0.1, -0.05) is 30.8 Å². The van der Waals surface area contributed by atoms with E-state index in [-0.39, 0.29) is 11.7 Å². The van der Waals surface area contributed by atoms with Gasteiger partial charge in [0.05, 0.1) is 16.4 Å². The Bertz CT molecular complexity index is 1620. The SMILES string of the molecule is C=CNOc1ccc(C(=O)Nc2cccc(CNc3cc(-c4ccccc4O)nc4c(Br)cnn34)c2)cc1. The van der Waals surface area contributed by atoms with E-state index in [2.05, 4.69) is 48.7 Å². The topological polar surface area (TPSA) is 113 Å². The number of phenolic OH excluding ortho intramolecular Hbond substituents is 1. The highest BCUT2D eigenvalue weighted by Gasteiger charge is 2.14. The number of rotatable bonds is 9. The van der Waals surface area contributed by atoms with Crippen LogP contribution in [0, 0.1) is 0 Å². The predicted molar refractivity (Wildman–Crippen MR) is 150 cm³/mol. The van der Waals surface area contributed by atoms with Crippen molar-refractivity contribution in [3.63, 3.8) is 0 Å². The lowest BCUT2D eigenvalue weighted by Gasteiger charge is -2.13. The lowest BCUT2D eigenvalue weighted by atomic mass is 10.1. The van der Waals surface area contributed by atoms with E-state index >= 15 is 0 Å². The first-order valence-electron chi connectivity index (χ1n) is 11.6. The van der Waals surface area contributed by atoms with Crippen molar-refractivity contribution in [3.05, 3.63) is 113 Å². The van der Waals surface area contributed by atoms with Crippen LogP contribution in [0.4, 0.5) is 11.5 Å². The molecule has 10 heteroatoms. The van der Waals surface area contributed by atoms with Gasteiger partial charge in [-0.3, -0.25) is 4.79 Å². The van der Waals surface area contributed by atoms with Crippen LogP contribution >= 0.6 is 15.9 Å². The molecule has 0 atom stereocenters. The zero-order valence-corrected chi connectivity index (χ0v) is 21.6. The van der Waals surface area contributed by atoms with Gasteiger partial charge in [-0.2, -0.15) is 9.61 Å². The van der Waals surface area contributed by atoms with Crippen LogP contribution in [-0.4, -0.2) is 25.6 Å². The first-order valence-corrected chi connectivity index (χ1v) is 12.4. The van der Waals surface area contributed by atoms with Gasteiger partial charge < -0.3 is 20.6 Å². The fraction of sp³-hybridized carbons (Fsp3) is 0.0357. The Balaban J connectivity index is 1.32. The Kier molecular flexibility index (Phi) is 7.23. The van der Waals surface area contributed by atoms with Gasteiger partial charge in [0.15, 0.2) is 11.4 Å². The number of hydroxylamine groups is 1. The Morgan fingerprint density at radius 3 is 2.68 bits per heavy atom. The highest BCUT2D eigenvalue weighted by Crippen LogP contribution is 2.31. The minimum absolute atomic E-state index is 0.143. The molecule has 0 bridgehead atoms. The molecule has 0 aliphatic rings. The van der Waals surface area contributed by atoms with Crippen molar-refractivity contribution >= 4 is 39.0 Å². The number of aromatic hydroxyl groups is 1. The van der Waals surface area contributed by atoms with Gasteiger partial charge in [0.2, 0.25) is 0 Å². The van der Waals surface area contributed by atoms with Crippen LogP contribution in [0.25, 0.3) is 16.9 Å². The number of para-hydroxylation sites is 1. The minimum atomic E-state index is -0.233. The molecule has 2 heterocycles. The number of carbonyl (C=O) groups is 1. The minimum Gasteiger partial charge on any atom is -0.507 e. The number of fused-ring (bicyclic) bond motifs is 1. The number of benzene rings is 3. The summed E-state index contributed by atoms with van der Waals surface area (Å²) in [4.78, 5) is 22.6. The van der Waals surface area contributed by atoms with Crippen molar-refractivity contribution in [2.75, 3.05) is 10.6 Å². The highest BCUT2D eigenvalue weighted by molar-refractivity contribution is 9.10. The third kappa shape index (κ3) is 5.45. The van der Waals surface area contributed by atoms with Crippen LogP contribution in [0.1, 0.15) is 15.9 Å². The van der Waals surface area contributed by atoms with Crippen LogP contribution in [0.2, 0.25) is 0 Å². The molecule has 190 valence electrons. The molecule has 0 aliphatic heterocycles. The van der Waals surface area contributed by atoms with Gasteiger partial charge in [0.25, 0.3) is 5.91 Å². The second-order valence-corrected chi connectivity index (χ2v) is 9.08. The van der Waals surface area contributed by atoms with Crippen molar-refractivity contribution < 1.29 is 14.7 Å². The molecule has 9 nitrogen and oxygen atoms in total. The normalized spacial score (nSPS) is 10.7. The number of aromatic nitrogens is 3. The zero-order valence-electron chi connectivity index (χ0n) is 20.1. The lowest BCUT2D eigenvalue weighted by Crippen LogP contribution is -2.13. The molecule has 0 saturated heterocycles. The smallest absolute Gasteiger partial charge is 0.255 e. The summed E-state index contributed by atoms with van der Waals surface area (Å²) in [7, 11) is 0. The quantitative estimate of drug-likeness (QED) is 0.167. The molecular formula is C28H23BrN6O3. The van der Waals surface area contributed by atoms with E-state index < -0.39 is 0 Å². The van der Waals surface area contributed by atoms with Crippen LogP contribution in [0.3, 0.4) is 0 Å². The van der Waals surface area contributed by atoms with Crippen molar-refractivity contribution in [1.82, 2.24) is 20.1 Å². The van der Waals surface area contributed by atoms with E-state index in [1.54, 1.807) is 47.1 Å². The number of hydrogen-bond acceptors (Lipinski definition) is 7. The fourth-order valence-corrected chi connectivity index (χ4v) is 4.18. The Morgan fingerprint density at radius 1 is 1.08 bits per heavy atom. The maximum Gasteiger partial charge on any atom is 0.255 e. The summed E-state index contributed by atoms with van der Waals surface area (Å²) >= 11 is 3.50. The summed E-state index contributed by atoms with van der Waals surface area (Å²) in [6.07, 6.45) is 3.09. The molecule has 5 rings (SSSR count). The second-order valence-electron chi connectivity index (χ2n) is 8.23. The van der Waals surface area contributed by atoms with Gasteiger partial charge in [-0.25, -0.2) is 10.5 Å². The van der Waals surface area contributed by atoms with E-state index in [4.69, 9.17) is 4.84 Å². The molecule has 5 aromatic rings. The molecule has 4 N–H and O–H groups in total. The summed E-state index contributed by atoms with van der Waals surface area (Å²) in [5.41, 5.74) is 6.50. The first kappa shape index (κ1) is 24.8. The molecule has 0 radical (unpaired) electrons. The summed E-state index contributed by atoms with van der Waals surface area (Å²) < 4.78 is 2.43. The van der Waals surface area contributed by atoms with E-state index in [0.717, 1.165) is 10.0 Å².